The van der Waals surface area contributed by atoms with Crippen LogP contribution < -0.4 is 10.2 Å². The van der Waals surface area contributed by atoms with Gasteiger partial charge >= 0.3 is 0 Å². The molecule has 1 aromatic rings. The van der Waals surface area contributed by atoms with E-state index in [9.17, 15) is 0 Å². The van der Waals surface area contributed by atoms with Gasteiger partial charge in [0.05, 0.1) is 0 Å². The van der Waals surface area contributed by atoms with Crippen LogP contribution in [0.5, 0.6) is 0 Å². The summed E-state index contributed by atoms with van der Waals surface area (Å²) >= 11 is 0. The lowest BCUT2D eigenvalue weighted by atomic mass is 10.1. The highest BCUT2D eigenvalue weighted by atomic mass is 15.2. The van der Waals surface area contributed by atoms with E-state index in [1.54, 1.807) is 0 Å². The third-order valence-electron chi connectivity index (χ3n) is 4.09. The Morgan fingerprint density at radius 1 is 1.22 bits per heavy atom. The molecule has 0 saturated carbocycles. The molecule has 1 heterocycles. The average molecular weight is 246 g/mol. The number of nitrogens with zero attached hydrogens (tertiary/aromatic N) is 1. The van der Waals surface area contributed by atoms with Gasteiger partial charge in [-0.05, 0) is 44.4 Å². The molecule has 1 aromatic carbocycles. The van der Waals surface area contributed by atoms with Crippen molar-refractivity contribution in [3.05, 3.63) is 29.8 Å². The van der Waals surface area contributed by atoms with Gasteiger partial charge in [-0.15, -0.1) is 0 Å². The number of hydrogen-bond donors (Lipinski definition) is 1. The average Bonchev–Trinajstić information content (AvgIpc) is 2.77. The van der Waals surface area contributed by atoms with Crippen LogP contribution in [0.4, 0.5) is 5.69 Å². The zero-order valence-electron chi connectivity index (χ0n) is 11.9. The molecule has 1 aliphatic heterocycles. The molecule has 0 spiro atoms. The summed E-state index contributed by atoms with van der Waals surface area (Å²) < 4.78 is 0. The normalized spacial score (nSPS) is 23.6. The monoisotopic (exact) mass is 246 g/mol. The van der Waals surface area contributed by atoms with Gasteiger partial charge in [-0.1, -0.05) is 32.0 Å². The topological polar surface area (TPSA) is 15.3 Å². The van der Waals surface area contributed by atoms with Crippen LogP contribution in [0.2, 0.25) is 0 Å². The smallest absolute Gasteiger partial charge is 0.0416 e. The molecule has 1 aliphatic rings. The summed E-state index contributed by atoms with van der Waals surface area (Å²) in [6.07, 6.45) is 3.92. The van der Waals surface area contributed by atoms with Gasteiger partial charge in [-0.25, -0.2) is 0 Å². The first-order valence-electron chi connectivity index (χ1n) is 7.34. The molecule has 2 nitrogen and oxygen atoms in total. The first kappa shape index (κ1) is 13.4. The summed E-state index contributed by atoms with van der Waals surface area (Å²) in [7, 11) is 0. The number of rotatable bonds is 5. The molecular formula is C16H26N2. The molecule has 0 aliphatic carbocycles. The zero-order chi connectivity index (χ0) is 13.0. The van der Waals surface area contributed by atoms with Crippen molar-refractivity contribution >= 4 is 5.69 Å². The van der Waals surface area contributed by atoms with Crippen molar-refractivity contribution in [2.45, 2.75) is 58.7 Å². The summed E-state index contributed by atoms with van der Waals surface area (Å²) in [6.45, 7) is 8.84. The summed E-state index contributed by atoms with van der Waals surface area (Å²) in [6, 6.07) is 10.3. The third kappa shape index (κ3) is 2.69. The predicted molar refractivity (Wildman–Crippen MR) is 79.1 cm³/mol. The maximum absolute atomic E-state index is 3.45. The van der Waals surface area contributed by atoms with Crippen molar-refractivity contribution < 1.29 is 0 Å². The molecule has 0 aromatic heterocycles. The summed E-state index contributed by atoms with van der Waals surface area (Å²) in [5, 5.41) is 3.45. The van der Waals surface area contributed by atoms with E-state index >= 15 is 0 Å². The lowest BCUT2D eigenvalue weighted by molar-refractivity contribution is 0.622. The van der Waals surface area contributed by atoms with Crippen molar-refractivity contribution in [2.75, 3.05) is 11.4 Å². The van der Waals surface area contributed by atoms with Gasteiger partial charge in [-0.2, -0.15) is 0 Å². The molecule has 1 saturated heterocycles. The van der Waals surface area contributed by atoms with Crippen molar-refractivity contribution in [3.63, 3.8) is 0 Å². The zero-order valence-corrected chi connectivity index (χ0v) is 11.9. The van der Waals surface area contributed by atoms with Gasteiger partial charge in [0.15, 0.2) is 0 Å². The molecule has 2 rings (SSSR count). The molecule has 0 radical (unpaired) electrons. The molecule has 100 valence electrons. The van der Waals surface area contributed by atoms with E-state index in [1.807, 2.05) is 0 Å². The van der Waals surface area contributed by atoms with E-state index in [2.05, 4.69) is 55.3 Å². The van der Waals surface area contributed by atoms with Crippen LogP contribution in [0, 0.1) is 0 Å². The van der Waals surface area contributed by atoms with Crippen LogP contribution in [0.3, 0.4) is 0 Å². The molecular weight excluding hydrogens is 220 g/mol. The largest absolute Gasteiger partial charge is 0.366 e. The highest BCUT2D eigenvalue weighted by Crippen LogP contribution is 2.34. The number of benzene rings is 1. The summed E-state index contributed by atoms with van der Waals surface area (Å²) in [5.74, 6) is 0. The lowest BCUT2D eigenvalue weighted by Gasteiger charge is -2.32. The lowest BCUT2D eigenvalue weighted by Crippen LogP contribution is -2.35. The summed E-state index contributed by atoms with van der Waals surface area (Å²) in [5.41, 5.74) is 2.88. The van der Waals surface area contributed by atoms with Crippen molar-refractivity contribution in [3.8, 4) is 0 Å². The van der Waals surface area contributed by atoms with E-state index in [0.717, 1.165) is 19.1 Å². The van der Waals surface area contributed by atoms with Gasteiger partial charge in [0.1, 0.15) is 0 Å². The number of anilines is 1. The Kier molecular flexibility index (Phi) is 4.65. The third-order valence-corrected chi connectivity index (χ3v) is 4.09. The van der Waals surface area contributed by atoms with Crippen molar-refractivity contribution in [1.82, 2.24) is 5.32 Å². The number of para-hydroxylation sites is 1. The van der Waals surface area contributed by atoms with Crippen LogP contribution in [0.1, 0.15) is 45.6 Å². The summed E-state index contributed by atoms with van der Waals surface area (Å²) in [4.78, 5) is 2.65. The van der Waals surface area contributed by atoms with E-state index in [1.165, 1.54) is 30.5 Å². The van der Waals surface area contributed by atoms with E-state index < -0.39 is 0 Å². The standard InChI is InChI=1S/C16H26N2/c1-4-15-11-10-13(3)18(15)16-9-7-6-8-14(16)12-17-5-2/h6-9,13,15,17H,4-5,10-12H2,1-3H3. The van der Waals surface area contributed by atoms with Crippen molar-refractivity contribution in [1.29, 1.82) is 0 Å². The Balaban J connectivity index is 2.25. The molecule has 2 heteroatoms. The molecule has 2 unspecified atom stereocenters. The van der Waals surface area contributed by atoms with Crippen LogP contribution in [0.25, 0.3) is 0 Å². The predicted octanol–water partition coefficient (Wildman–Crippen LogP) is 3.56. The Hall–Kier alpha value is -1.02. The molecule has 0 amide bonds. The highest BCUT2D eigenvalue weighted by molar-refractivity contribution is 5.56. The van der Waals surface area contributed by atoms with Crippen LogP contribution in [-0.2, 0) is 6.54 Å². The second-order valence-corrected chi connectivity index (χ2v) is 5.30. The van der Waals surface area contributed by atoms with Gasteiger partial charge in [-0.3, -0.25) is 0 Å². The molecule has 18 heavy (non-hydrogen) atoms. The maximum Gasteiger partial charge on any atom is 0.0416 e. The van der Waals surface area contributed by atoms with E-state index in [-0.39, 0.29) is 0 Å². The van der Waals surface area contributed by atoms with Crippen LogP contribution in [-0.4, -0.2) is 18.6 Å². The second-order valence-electron chi connectivity index (χ2n) is 5.30. The minimum atomic E-state index is 0.678. The molecule has 2 atom stereocenters. The quantitative estimate of drug-likeness (QED) is 0.854. The Labute approximate surface area is 111 Å². The van der Waals surface area contributed by atoms with Gasteiger partial charge < -0.3 is 10.2 Å². The first-order valence-corrected chi connectivity index (χ1v) is 7.34. The fourth-order valence-electron chi connectivity index (χ4n) is 3.08. The van der Waals surface area contributed by atoms with Gasteiger partial charge in [0, 0.05) is 24.3 Å². The highest BCUT2D eigenvalue weighted by Gasteiger charge is 2.30. The maximum atomic E-state index is 3.45. The Morgan fingerprint density at radius 3 is 2.72 bits per heavy atom. The number of nitrogens with one attached hydrogen (secondary N) is 1. The number of hydrogen-bond acceptors (Lipinski definition) is 2. The van der Waals surface area contributed by atoms with E-state index in [0.29, 0.717) is 6.04 Å². The second kappa shape index (κ2) is 6.24. The van der Waals surface area contributed by atoms with Gasteiger partial charge in [0.2, 0.25) is 0 Å². The minimum absolute atomic E-state index is 0.678. The van der Waals surface area contributed by atoms with Crippen LogP contribution >= 0.6 is 0 Å². The molecule has 1 N–H and O–H groups in total. The van der Waals surface area contributed by atoms with Crippen molar-refractivity contribution in [2.24, 2.45) is 0 Å². The molecule has 0 bridgehead atoms. The fourth-order valence-corrected chi connectivity index (χ4v) is 3.08. The first-order chi connectivity index (χ1) is 8.77. The SMILES string of the molecule is CCNCc1ccccc1N1C(C)CCC1CC. The molecule has 1 fully saturated rings. The Morgan fingerprint density at radius 2 is 2.00 bits per heavy atom. The fraction of sp³-hybridized carbons (Fsp3) is 0.625. The van der Waals surface area contributed by atoms with Crippen LogP contribution in [0.15, 0.2) is 24.3 Å². The minimum Gasteiger partial charge on any atom is -0.366 e. The van der Waals surface area contributed by atoms with E-state index in [4.69, 9.17) is 0 Å². The Bertz CT molecular complexity index is 375. The van der Waals surface area contributed by atoms with Gasteiger partial charge in [0.25, 0.3) is 0 Å².